The van der Waals surface area contributed by atoms with Crippen molar-refractivity contribution in [2.45, 2.75) is 11.8 Å². The molecule has 1 unspecified atom stereocenters. The average Bonchev–Trinajstić information content (AvgIpc) is 3.25. The van der Waals surface area contributed by atoms with Crippen LogP contribution in [0.4, 0.5) is 23.2 Å². The molecule has 0 spiro atoms. The number of methoxy groups -OCH3 is 2. The van der Waals surface area contributed by atoms with Crippen LogP contribution in [0.3, 0.4) is 0 Å². The van der Waals surface area contributed by atoms with Crippen molar-refractivity contribution in [3.8, 4) is 17.2 Å². The highest BCUT2D eigenvalue weighted by molar-refractivity contribution is 5.81. The Hall–Kier alpha value is -3.79. The molecule has 0 radical (unpaired) electrons. The largest absolute Gasteiger partial charge is 0.497 e. The molecular formula is C24H21F4N3O3. The van der Waals surface area contributed by atoms with E-state index in [4.69, 9.17) is 9.47 Å². The lowest BCUT2D eigenvalue weighted by molar-refractivity contribution is -0.260. The number of benzene rings is 3. The summed E-state index contributed by atoms with van der Waals surface area (Å²) >= 11 is 0. The Bertz CT molecular complexity index is 1280. The second-order valence-corrected chi connectivity index (χ2v) is 7.62. The Morgan fingerprint density at radius 2 is 1.59 bits per heavy atom. The number of aliphatic hydroxyl groups is 1. The van der Waals surface area contributed by atoms with Gasteiger partial charge in [-0.15, -0.1) is 0 Å². The molecule has 1 heterocycles. The first-order chi connectivity index (χ1) is 16.1. The van der Waals surface area contributed by atoms with Gasteiger partial charge in [-0.05, 0) is 42.0 Å². The molecular weight excluding hydrogens is 454 g/mol. The third-order valence-corrected chi connectivity index (χ3v) is 5.49. The smallest absolute Gasteiger partial charge is 0.423 e. The van der Waals surface area contributed by atoms with Gasteiger partial charge in [-0.1, -0.05) is 6.07 Å². The lowest BCUT2D eigenvalue weighted by Gasteiger charge is -2.31. The molecule has 0 aliphatic heterocycles. The van der Waals surface area contributed by atoms with Gasteiger partial charge in [0.25, 0.3) is 0 Å². The van der Waals surface area contributed by atoms with Crippen molar-refractivity contribution >= 4 is 16.6 Å². The molecule has 0 saturated carbocycles. The fourth-order valence-electron chi connectivity index (χ4n) is 3.58. The fourth-order valence-corrected chi connectivity index (χ4v) is 3.58. The monoisotopic (exact) mass is 475 g/mol. The molecule has 1 aromatic heterocycles. The minimum atomic E-state index is -4.98. The van der Waals surface area contributed by atoms with Gasteiger partial charge in [-0.2, -0.15) is 18.3 Å². The molecule has 4 rings (SSSR count). The first-order valence-corrected chi connectivity index (χ1v) is 10.1. The lowest BCUT2D eigenvalue weighted by Crippen LogP contribution is -2.47. The van der Waals surface area contributed by atoms with Gasteiger partial charge in [-0.25, -0.2) is 9.07 Å². The predicted molar refractivity (Wildman–Crippen MR) is 119 cm³/mol. The maximum absolute atomic E-state index is 14.1. The minimum Gasteiger partial charge on any atom is -0.497 e. The van der Waals surface area contributed by atoms with Crippen LogP contribution in [0, 0.1) is 5.82 Å². The van der Waals surface area contributed by atoms with E-state index >= 15 is 0 Å². The molecule has 178 valence electrons. The van der Waals surface area contributed by atoms with Crippen molar-refractivity contribution in [2.24, 2.45) is 0 Å². The molecule has 2 N–H and O–H groups in total. The first kappa shape index (κ1) is 23.4. The molecule has 0 saturated heterocycles. The molecule has 0 aliphatic carbocycles. The van der Waals surface area contributed by atoms with Gasteiger partial charge in [0.05, 0.1) is 38.2 Å². The van der Waals surface area contributed by atoms with Gasteiger partial charge in [0, 0.05) is 29.3 Å². The summed E-state index contributed by atoms with van der Waals surface area (Å²) in [7, 11) is 2.85. The van der Waals surface area contributed by atoms with E-state index in [9.17, 15) is 22.7 Å². The molecule has 34 heavy (non-hydrogen) atoms. The van der Waals surface area contributed by atoms with E-state index in [1.54, 1.807) is 6.07 Å². The van der Waals surface area contributed by atoms with Crippen LogP contribution in [-0.4, -0.2) is 41.8 Å². The van der Waals surface area contributed by atoms with Crippen LogP contribution >= 0.6 is 0 Å². The summed E-state index contributed by atoms with van der Waals surface area (Å²) in [5.41, 5.74) is -2.22. The highest BCUT2D eigenvalue weighted by Gasteiger charge is 2.55. The summed E-state index contributed by atoms with van der Waals surface area (Å²) < 4.78 is 67.3. The topological polar surface area (TPSA) is 68.5 Å². The van der Waals surface area contributed by atoms with E-state index in [-0.39, 0.29) is 11.3 Å². The Labute approximate surface area is 192 Å². The normalized spacial score (nSPS) is 13.5. The zero-order valence-electron chi connectivity index (χ0n) is 18.2. The molecule has 0 fully saturated rings. The van der Waals surface area contributed by atoms with E-state index in [1.807, 2.05) is 0 Å². The molecule has 4 aromatic rings. The number of nitrogens with one attached hydrogen (secondary N) is 1. The number of hydrogen-bond donors (Lipinski definition) is 2. The van der Waals surface area contributed by atoms with E-state index in [2.05, 4.69) is 10.4 Å². The number of fused-ring (bicyclic) bond motifs is 1. The second-order valence-electron chi connectivity index (χ2n) is 7.62. The van der Waals surface area contributed by atoms with E-state index in [0.717, 1.165) is 0 Å². The zero-order valence-corrected chi connectivity index (χ0v) is 18.2. The van der Waals surface area contributed by atoms with Gasteiger partial charge in [0.2, 0.25) is 5.60 Å². The Morgan fingerprint density at radius 1 is 0.941 bits per heavy atom. The average molecular weight is 475 g/mol. The maximum atomic E-state index is 14.1. The molecule has 1 atom stereocenters. The van der Waals surface area contributed by atoms with Gasteiger partial charge >= 0.3 is 6.18 Å². The van der Waals surface area contributed by atoms with Crippen molar-refractivity contribution in [1.29, 1.82) is 0 Å². The Kier molecular flexibility index (Phi) is 6.09. The SMILES string of the molecule is COc1cc(NCC(O)(c2ccc3c(cnn3-c3ccc(F)cc3)c2)C(F)(F)F)cc(OC)c1. The predicted octanol–water partition coefficient (Wildman–Crippen LogP) is 5.04. The highest BCUT2D eigenvalue weighted by Crippen LogP contribution is 2.40. The van der Waals surface area contributed by atoms with E-state index < -0.39 is 24.1 Å². The molecule has 0 aliphatic rings. The van der Waals surface area contributed by atoms with Crippen LogP contribution in [0.2, 0.25) is 0 Å². The number of aromatic nitrogens is 2. The van der Waals surface area contributed by atoms with E-state index in [0.29, 0.717) is 28.1 Å². The Morgan fingerprint density at radius 3 is 2.18 bits per heavy atom. The molecule has 6 nitrogen and oxygen atoms in total. The summed E-state index contributed by atoms with van der Waals surface area (Å²) in [5, 5.41) is 18.0. The molecule has 3 aromatic carbocycles. The van der Waals surface area contributed by atoms with Crippen LogP contribution < -0.4 is 14.8 Å². The van der Waals surface area contributed by atoms with Crippen molar-refractivity contribution in [2.75, 3.05) is 26.1 Å². The first-order valence-electron chi connectivity index (χ1n) is 10.1. The molecule has 0 bridgehead atoms. The summed E-state index contributed by atoms with van der Waals surface area (Å²) in [6.07, 6.45) is -3.59. The van der Waals surface area contributed by atoms with Crippen molar-refractivity contribution < 1.29 is 32.1 Å². The number of ether oxygens (including phenoxy) is 2. The third kappa shape index (κ3) is 4.36. The van der Waals surface area contributed by atoms with Crippen molar-refractivity contribution in [1.82, 2.24) is 9.78 Å². The van der Waals surface area contributed by atoms with Crippen LogP contribution in [0.25, 0.3) is 16.6 Å². The highest BCUT2D eigenvalue weighted by atomic mass is 19.4. The third-order valence-electron chi connectivity index (χ3n) is 5.49. The number of nitrogens with zero attached hydrogens (tertiary/aromatic N) is 2. The van der Waals surface area contributed by atoms with Crippen molar-refractivity contribution in [3.05, 3.63) is 78.2 Å². The standard InChI is InChI=1S/C24H21F4N3O3/c1-33-20-10-18(11-21(12-20)34-2)29-14-23(32,24(26,27)28)16-3-8-22-15(9-16)13-30-31(22)19-6-4-17(25)5-7-19/h3-13,29,32H,14H2,1-2H3. The van der Waals surface area contributed by atoms with E-state index in [1.165, 1.54) is 79.7 Å². The summed E-state index contributed by atoms with van der Waals surface area (Å²) in [6, 6.07) is 14.0. The summed E-state index contributed by atoms with van der Waals surface area (Å²) in [6.45, 7) is -0.857. The summed E-state index contributed by atoms with van der Waals surface area (Å²) in [5.74, 6) is 0.345. The second kappa shape index (κ2) is 8.86. The van der Waals surface area contributed by atoms with Crippen molar-refractivity contribution in [3.63, 3.8) is 0 Å². The minimum absolute atomic E-state index is 0.282. The summed E-state index contributed by atoms with van der Waals surface area (Å²) in [4.78, 5) is 0. The molecule has 10 heteroatoms. The van der Waals surface area contributed by atoms with Crippen LogP contribution in [0.1, 0.15) is 5.56 Å². The maximum Gasteiger partial charge on any atom is 0.423 e. The van der Waals surface area contributed by atoms with Crippen LogP contribution in [-0.2, 0) is 5.60 Å². The van der Waals surface area contributed by atoms with Crippen LogP contribution in [0.15, 0.2) is 66.9 Å². The van der Waals surface area contributed by atoms with Gasteiger partial charge in [0.1, 0.15) is 17.3 Å². The number of hydrogen-bond acceptors (Lipinski definition) is 5. The number of halogens is 4. The number of anilines is 1. The molecule has 0 amide bonds. The number of alkyl halides is 3. The zero-order chi connectivity index (χ0) is 24.5. The lowest BCUT2D eigenvalue weighted by atomic mass is 9.92. The van der Waals surface area contributed by atoms with Crippen LogP contribution in [0.5, 0.6) is 11.5 Å². The van der Waals surface area contributed by atoms with Gasteiger partial charge in [-0.3, -0.25) is 0 Å². The van der Waals surface area contributed by atoms with Gasteiger partial charge in [0.15, 0.2) is 0 Å². The Balaban J connectivity index is 1.68. The fraction of sp³-hybridized carbons (Fsp3) is 0.208. The number of rotatable bonds is 7. The quantitative estimate of drug-likeness (QED) is 0.367. The van der Waals surface area contributed by atoms with Gasteiger partial charge < -0.3 is 19.9 Å².